The van der Waals surface area contributed by atoms with Gasteiger partial charge in [0, 0.05) is 24.5 Å². The second-order valence-corrected chi connectivity index (χ2v) is 3.83. The Morgan fingerprint density at radius 2 is 2.07 bits per heavy atom. The van der Waals surface area contributed by atoms with E-state index in [9.17, 15) is 0 Å². The van der Waals surface area contributed by atoms with Crippen molar-refractivity contribution in [3.8, 4) is 10.6 Å². The van der Waals surface area contributed by atoms with Crippen LogP contribution in [0.15, 0.2) is 24.5 Å². The van der Waals surface area contributed by atoms with Crippen molar-refractivity contribution >= 4 is 11.3 Å². The van der Waals surface area contributed by atoms with E-state index in [2.05, 4.69) is 20.5 Å². The molecule has 2 rings (SSSR count). The van der Waals surface area contributed by atoms with Crippen molar-refractivity contribution in [2.45, 2.75) is 6.54 Å². The van der Waals surface area contributed by atoms with Gasteiger partial charge in [0.05, 0.1) is 0 Å². The van der Waals surface area contributed by atoms with E-state index >= 15 is 0 Å². The lowest BCUT2D eigenvalue weighted by Gasteiger charge is -1.91. The molecule has 0 aliphatic rings. The van der Waals surface area contributed by atoms with Crippen molar-refractivity contribution in [2.24, 2.45) is 0 Å². The second-order valence-electron chi connectivity index (χ2n) is 2.77. The Morgan fingerprint density at radius 3 is 2.79 bits per heavy atom. The zero-order valence-electron chi connectivity index (χ0n) is 7.77. The summed E-state index contributed by atoms with van der Waals surface area (Å²) in [6, 6.07) is 3.87. The molecule has 0 spiro atoms. The molecule has 2 heterocycles. The summed E-state index contributed by atoms with van der Waals surface area (Å²) in [7, 11) is 1.90. The van der Waals surface area contributed by atoms with Gasteiger partial charge in [-0.3, -0.25) is 4.98 Å². The summed E-state index contributed by atoms with van der Waals surface area (Å²) < 4.78 is 0. The van der Waals surface area contributed by atoms with Gasteiger partial charge >= 0.3 is 0 Å². The average Bonchev–Trinajstić information content (AvgIpc) is 2.68. The quantitative estimate of drug-likeness (QED) is 0.823. The van der Waals surface area contributed by atoms with Crippen LogP contribution in [0, 0.1) is 0 Å². The molecular weight excluding hydrogens is 196 g/mol. The fourth-order valence-electron chi connectivity index (χ4n) is 1.09. The van der Waals surface area contributed by atoms with E-state index in [4.69, 9.17) is 0 Å². The summed E-state index contributed by atoms with van der Waals surface area (Å²) in [5, 5.41) is 13.2. The molecule has 5 heteroatoms. The van der Waals surface area contributed by atoms with Gasteiger partial charge in [-0.15, -0.1) is 10.2 Å². The molecule has 0 atom stereocenters. The van der Waals surface area contributed by atoms with E-state index in [1.54, 1.807) is 23.7 Å². The molecule has 0 aliphatic carbocycles. The topological polar surface area (TPSA) is 50.7 Å². The first-order valence-electron chi connectivity index (χ1n) is 4.27. The highest BCUT2D eigenvalue weighted by Crippen LogP contribution is 2.22. The van der Waals surface area contributed by atoms with Crippen molar-refractivity contribution in [1.29, 1.82) is 0 Å². The molecule has 0 saturated heterocycles. The standard InChI is InChI=1S/C9H10N4S/c1-10-6-8-12-13-9(14-8)7-2-4-11-5-3-7/h2-5,10H,6H2,1H3. The first-order chi connectivity index (χ1) is 6.90. The molecule has 0 saturated carbocycles. The Hall–Kier alpha value is -1.33. The summed E-state index contributed by atoms with van der Waals surface area (Å²) in [4.78, 5) is 3.96. The van der Waals surface area contributed by atoms with Gasteiger partial charge in [0.1, 0.15) is 10.0 Å². The third kappa shape index (κ3) is 1.94. The minimum atomic E-state index is 0.767. The first-order valence-corrected chi connectivity index (χ1v) is 5.09. The summed E-state index contributed by atoms with van der Waals surface area (Å²) in [6.07, 6.45) is 3.52. The zero-order chi connectivity index (χ0) is 9.80. The Morgan fingerprint density at radius 1 is 1.29 bits per heavy atom. The molecular formula is C9H10N4S. The first kappa shape index (κ1) is 9.23. The maximum atomic E-state index is 4.11. The molecule has 0 fully saturated rings. The van der Waals surface area contributed by atoms with E-state index in [-0.39, 0.29) is 0 Å². The zero-order valence-corrected chi connectivity index (χ0v) is 8.58. The fraction of sp³-hybridized carbons (Fsp3) is 0.222. The smallest absolute Gasteiger partial charge is 0.147 e. The number of hydrogen-bond acceptors (Lipinski definition) is 5. The molecule has 14 heavy (non-hydrogen) atoms. The van der Waals surface area contributed by atoms with Crippen LogP contribution in [-0.4, -0.2) is 22.2 Å². The highest BCUT2D eigenvalue weighted by Gasteiger charge is 2.04. The van der Waals surface area contributed by atoms with Gasteiger partial charge in [0.2, 0.25) is 0 Å². The van der Waals surface area contributed by atoms with Crippen LogP contribution in [0.25, 0.3) is 10.6 Å². The van der Waals surface area contributed by atoms with Crippen LogP contribution in [0.5, 0.6) is 0 Å². The molecule has 2 aromatic rings. The second kappa shape index (κ2) is 4.26. The summed E-state index contributed by atoms with van der Waals surface area (Å²) in [5.41, 5.74) is 1.07. The minimum Gasteiger partial charge on any atom is -0.313 e. The molecule has 0 amide bonds. The summed E-state index contributed by atoms with van der Waals surface area (Å²) in [6.45, 7) is 0.767. The van der Waals surface area contributed by atoms with Crippen LogP contribution in [0.1, 0.15) is 5.01 Å². The largest absolute Gasteiger partial charge is 0.313 e. The normalized spacial score (nSPS) is 10.4. The van der Waals surface area contributed by atoms with Crippen LogP contribution < -0.4 is 5.32 Å². The van der Waals surface area contributed by atoms with E-state index in [1.807, 2.05) is 19.2 Å². The van der Waals surface area contributed by atoms with Crippen molar-refractivity contribution in [1.82, 2.24) is 20.5 Å². The van der Waals surface area contributed by atoms with Crippen molar-refractivity contribution < 1.29 is 0 Å². The van der Waals surface area contributed by atoms with Gasteiger partial charge in [-0.2, -0.15) is 0 Å². The Kier molecular flexibility index (Phi) is 2.81. The highest BCUT2D eigenvalue weighted by molar-refractivity contribution is 7.14. The molecule has 4 nitrogen and oxygen atoms in total. The Balaban J connectivity index is 2.25. The third-order valence-corrected chi connectivity index (χ3v) is 2.69. The highest BCUT2D eigenvalue weighted by atomic mass is 32.1. The van der Waals surface area contributed by atoms with Crippen LogP contribution in [0.2, 0.25) is 0 Å². The molecule has 72 valence electrons. The van der Waals surface area contributed by atoms with Gasteiger partial charge in [-0.05, 0) is 19.2 Å². The number of rotatable bonds is 3. The number of nitrogens with one attached hydrogen (secondary N) is 1. The van der Waals surface area contributed by atoms with Crippen LogP contribution in [0.3, 0.4) is 0 Å². The Bertz CT molecular complexity index is 398. The van der Waals surface area contributed by atoms with E-state index in [0.717, 1.165) is 22.1 Å². The molecule has 0 aliphatic heterocycles. The SMILES string of the molecule is CNCc1nnc(-c2ccncc2)s1. The molecule has 0 unspecified atom stereocenters. The molecule has 0 aromatic carbocycles. The molecule has 0 bridgehead atoms. The van der Waals surface area contributed by atoms with Gasteiger partial charge in [-0.1, -0.05) is 11.3 Å². The molecule has 2 aromatic heterocycles. The maximum absolute atomic E-state index is 4.11. The van der Waals surface area contributed by atoms with E-state index in [1.165, 1.54) is 0 Å². The lowest BCUT2D eigenvalue weighted by molar-refractivity contribution is 0.795. The predicted molar refractivity (Wildman–Crippen MR) is 55.9 cm³/mol. The number of pyridine rings is 1. The predicted octanol–water partition coefficient (Wildman–Crippen LogP) is 1.32. The Labute approximate surface area is 86.0 Å². The third-order valence-electron chi connectivity index (χ3n) is 1.72. The fourth-order valence-corrected chi connectivity index (χ4v) is 1.94. The number of aromatic nitrogens is 3. The number of nitrogens with zero attached hydrogens (tertiary/aromatic N) is 3. The lowest BCUT2D eigenvalue weighted by atomic mass is 10.3. The summed E-state index contributed by atoms with van der Waals surface area (Å²) >= 11 is 1.60. The van der Waals surface area contributed by atoms with E-state index < -0.39 is 0 Å². The molecule has 1 N–H and O–H groups in total. The van der Waals surface area contributed by atoms with Gasteiger partial charge in [0.25, 0.3) is 0 Å². The summed E-state index contributed by atoms with van der Waals surface area (Å²) in [5.74, 6) is 0. The van der Waals surface area contributed by atoms with Crippen molar-refractivity contribution in [3.05, 3.63) is 29.5 Å². The average molecular weight is 206 g/mol. The minimum absolute atomic E-state index is 0.767. The van der Waals surface area contributed by atoms with Crippen LogP contribution >= 0.6 is 11.3 Å². The van der Waals surface area contributed by atoms with Crippen molar-refractivity contribution in [3.63, 3.8) is 0 Å². The number of hydrogen-bond donors (Lipinski definition) is 1. The van der Waals surface area contributed by atoms with Crippen LogP contribution in [-0.2, 0) is 6.54 Å². The van der Waals surface area contributed by atoms with Crippen molar-refractivity contribution in [2.75, 3.05) is 7.05 Å². The van der Waals surface area contributed by atoms with Gasteiger partial charge in [0.15, 0.2) is 0 Å². The van der Waals surface area contributed by atoms with E-state index in [0.29, 0.717) is 0 Å². The maximum Gasteiger partial charge on any atom is 0.147 e. The monoisotopic (exact) mass is 206 g/mol. The van der Waals surface area contributed by atoms with Gasteiger partial charge < -0.3 is 5.32 Å². The lowest BCUT2D eigenvalue weighted by Crippen LogP contribution is -2.04. The van der Waals surface area contributed by atoms with Gasteiger partial charge in [-0.25, -0.2) is 0 Å². The molecule has 0 radical (unpaired) electrons. The van der Waals surface area contributed by atoms with Crippen LogP contribution in [0.4, 0.5) is 0 Å².